The summed E-state index contributed by atoms with van der Waals surface area (Å²) < 4.78 is 6.87. The fraction of sp³-hybridized carbons (Fsp3) is 0.571. The number of nitrogens with zero attached hydrogens (tertiary/aromatic N) is 2. The predicted octanol–water partition coefficient (Wildman–Crippen LogP) is 2.31. The van der Waals surface area contributed by atoms with Gasteiger partial charge in [-0.05, 0) is 25.2 Å². The minimum Gasteiger partial charge on any atom is -0.379 e. The topological polar surface area (TPSA) is 56.1 Å². The van der Waals surface area contributed by atoms with Crippen molar-refractivity contribution in [1.29, 1.82) is 0 Å². The van der Waals surface area contributed by atoms with Crippen molar-refractivity contribution >= 4 is 17.3 Å². The first-order valence-corrected chi connectivity index (χ1v) is 7.28. The molecule has 0 aliphatic heterocycles. The summed E-state index contributed by atoms with van der Waals surface area (Å²) in [5.41, 5.74) is 0.255. The van der Waals surface area contributed by atoms with Gasteiger partial charge in [0.2, 0.25) is 0 Å². The van der Waals surface area contributed by atoms with Gasteiger partial charge in [0.05, 0.1) is 24.4 Å². The van der Waals surface area contributed by atoms with Crippen molar-refractivity contribution in [3.63, 3.8) is 0 Å². The maximum absolute atomic E-state index is 12.2. The number of aromatic nitrogens is 2. The van der Waals surface area contributed by atoms with Crippen LogP contribution in [-0.2, 0) is 11.3 Å². The Balaban J connectivity index is 1.88. The van der Waals surface area contributed by atoms with Crippen LogP contribution in [0.2, 0.25) is 5.02 Å². The van der Waals surface area contributed by atoms with Gasteiger partial charge in [0, 0.05) is 13.1 Å². The number of hydrogen-bond acceptors (Lipinski definition) is 4. The van der Waals surface area contributed by atoms with Crippen LogP contribution in [0.3, 0.4) is 0 Å². The van der Waals surface area contributed by atoms with E-state index in [9.17, 15) is 4.79 Å². The molecule has 2 rings (SSSR count). The zero-order valence-electron chi connectivity index (χ0n) is 11.5. The maximum Gasteiger partial charge on any atom is 0.291 e. The van der Waals surface area contributed by atoms with E-state index in [2.05, 4.69) is 17.0 Å². The summed E-state index contributed by atoms with van der Waals surface area (Å²) in [6, 6.07) is 0. The number of rotatable bonds is 9. The second kappa shape index (κ2) is 7.45. The van der Waals surface area contributed by atoms with Gasteiger partial charge in [-0.1, -0.05) is 17.7 Å². The fourth-order valence-corrected chi connectivity index (χ4v) is 2.01. The molecule has 1 N–H and O–H groups in total. The third kappa shape index (κ3) is 4.35. The van der Waals surface area contributed by atoms with Crippen molar-refractivity contribution in [1.82, 2.24) is 9.78 Å². The highest BCUT2D eigenvalue weighted by atomic mass is 35.5. The van der Waals surface area contributed by atoms with E-state index in [1.807, 2.05) is 6.08 Å². The number of halogens is 1. The van der Waals surface area contributed by atoms with E-state index < -0.39 is 0 Å². The van der Waals surface area contributed by atoms with E-state index >= 15 is 0 Å². The van der Waals surface area contributed by atoms with Gasteiger partial charge in [0.25, 0.3) is 5.56 Å². The maximum atomic E-state index is 12.2. The van der Waals surface area contributed by atoms with Crippen molar-refractivity contribution in [2.24, 2.45) is 5.92 Å². The summed E-state index contributed by atoms with van der Waals surface area (Å²) in [6.07, 6.45) is 6.51. The SMILES string of the molecule is C=CCCOCCNc1c(Cl)cnn(CC2CC2)c1=O. The lowest BCUT2D eigenvalue weighted by Crippen LogP contribution is -2.27. The van der Waals surface area contributed by atoms with Gasteiger partial charge in [-0.3, -0.25) is 4.79 Å². The highest BCUT2D eigenvalue weighted by Crippen LogP contribution is 2.30. The van der Waals surface area contributed by atoms with Crippen molar-refractivity contribution < 1.29 is 4.74 Å². The summed E-state index contributed by atoms with van der Waals surface area (Å²) in [5.74, 6) is 0.594. The average Bonchev–Trinajstić information content (AvgIpc) is 3.24. The van der Waals surface area contributed by atoms with Gasteiger partial charge < -0.3 is 10.1 Å². The Hall–Kier alpha value is -1.33. The smallest absolute Gasteiger partial charge is 0.291 e. The zero-order valence-corrected chi connectivity index (χ0v) is 12.2. The van der Waals surface area contributed by atoms with Gasteiger partial charge >= 0.3 is 0 Å². The molecule has 1 fully saturated rings. The number of ether oxygens (including phenoxy) is 1. The van der Waals surface area contributed by atoms with Gasteiger partial charge in [-0.25, -0.2) is 4.68 Å². The molecular formula is C14H20ClN3O2. The number of hydrogen-bond donors (Lipinski definition) is 1. The second-order valence-electron chi connectivity index (χ2n) is 4.91. The molecule has 0 unspecified atom stereocenters. The molecule has 110 valence electrons. The molecule has 0 amide bonds. The normalized spacial score (nSPS) is 14.2. The Labute approximate surface area is 123 Å². The molecular weight excluding hydrogens is 278 g/mol. The molecule has 0 bridgehead atoms. The molecule has 0 atom stereocenters. The molecule has 6 heteroatoms. The van der Waals surface area contributed by atoms with E-state index in [0.717, 1.165) is 6.42 Å². The molecule has 0 saturated heterocycles. The molecule has 0 radical (unpaired) electrons. The van der Waals surface area contributed by atoms with Crippen LogP contribution >= 0.6 is 11.6 Å². The Bertz CT molecular complexity index is 512. The molecule has 1 aromatic rings. The lowest BCUT2D eigenvalue weighted by Gasteiger charge is -2.10. The third-order valence-corrected chi connectivity index (χ3v) is 3.43. The summed E-state index contributed by atoms with van der Waals surface area (Å²) in [5, 5.41) is 7.47. The Morgan fingerprint density at radius 1 is 1.55 bits per heavy atom. The quantitative estimate of drug-likeness (QED) is 0.561. The average molecular weight is 298 g/mol. The van der Waals surface area contributed by atoms with Crippen LogP contribution in [0.15, 0.2) is 23.6 Å². The predicted molar refractivity (Wildman–Crippen MR) is 80.4 cm³/mol. The highest BCUT2D eigenvalue weighted by Gasteiger charge is 2.23. The van der Waals surface area contributed by atoms with E-state index in [0.29, 0.717) is 42.9 Å². The molecule has 1 aliphatic carbocycles. The number of anilines is 1. The molecule has 5 nitrogen and oxygen atoms in total. The molecule has 1 aromatic heterocycles. The van der Waals surface area contributed by atoms with Gasteiger partial charge in [0.15, 0.2) is 0 Å². The Kier molecular flexibility index (Phi) is 5.61. The van der Waals surface area contributed by atoms with Gasteiger partial charge in [0.1, 0.15) is 5.69 Å². The summed E-state index contributed by atoms with van der Waals surface area (Å²) >= 11 is 6.02. The Morgan fingerprint density at radius 3 is 3.05 bits per heavy atom. The summed E-state index contributed by atoms with van der Waals surface area (Å²) in [6.45, 7) is 6.01. The van der Waals surface area contributed by atoms with Crippen molar-refractivity contribution in [2.75, 3.05) is 25.1 Å². The third-order valence-electron chi connectivity index (χ3n) is 3.14. The van der Waals surface area contributed by atoms with Crippen LogP contribution in [0.4, 0.5) is 5.69 Å². The molecule has 0 spiro atoms. The van der Waals surface area contributed by atoms with Crippen LogP contribution in [-0.4, -0.2) is 29.5 Å². The van der Waals surface area contributed by atoms with Crippen LogP contribution in [0, 0.1) is 5.92 Å². The minimum atomic E-state index is -0.157. The van der Waals surface area contributed by atoms with E-state index in [1.54, 1.807) is 0 Å². The fourth-order valence-electron chi connectivity index (χ4n) is 1.82. The first-order chi connectivity index (χ1) is 9.72. The Morgan fingerprint density at radius 2 is 2.35 bits per heavy atom. The molecule has 1 aliphatic rings. The molecule has 20 heavy (non-hydrogen) atoms. The zero-order chi connectivity index (χ0) is 14.4. The van der Waals surface area contributed by atoms with E-state index in [-0.39, 0.29) is 5.56 Å². The minimum absolute atomic E-state index is 0.157. The van der Waals surface area contributed by atoms with Crippen molar-refractivity contribution in [3.05, 3.63) is 34.2 Å². The van der Waals surface area contributed by atoms with Crippen LogP contribution in [0.25, 0.3) is 0 Å². The van der Waals surface area contributed by atoms with Crippen LogP contribution in [0.5, 0.6) is 0 Å². The van der Waals surface area contributed by atoms with E-state index in [1.165, 1.54) is 23.7 Å². The van der Waals surface area contributed by atoms with Gasteiger partial charge in [-0.15, -0.1) is 6.58 Å². The molecule has 0 aromatic carbocycles. The largest absolute Gasteiger partial charge is 0.379 e. The monoisotopic (exact) mass is 297 g/mol. The van der Waals surface area contributed by atoms with E-state index in [4.69, 9.17) is 16.3 Å². The van der Waals surface area contributed by atoms with Gasteiger partial charge in [-0.2, -0.15) is 5.10 Å². The van der Waals surface area contributed by atoms with Crippen molar-refractivity contribution in [3.8, 4) is 0 Å². The van der Waals surface area contributed by atoms with Crippen LogP contribution in [0.1, 0.15) is 19.3 Å². The first-order valence-electron chi connectivity index (χ1n) is 6.90. The molecule has 1 heterocycles. The second-order valence-corrected chi connectivity index (χ2v) is 5.32. The van der Waals surface area contributed by atoms with Crippen molar-refractivity contribution in [2.45, 2.75) is 25.8 Å². The lowest BCUT2D eigenvalue weighted by molar-refractivity contribution is 0.149. The summed E-state index contributed by atoms with van der Waals surface area (Å²) in [7, 11) is 0. The first kappa shape index (κ1) is 15.1. The standard InChI is InChI=1S/C14H20ClN3O2/c1-2-3-7-20-8-6-16-13-12(15)9-17-18(14(13)19)10-11-4-5-11/h2,9,11,16H,1,3-8,10H2. The molecule has 1 saturated carbocycles. The lowest BCUT2D eigenvalue weighted by atomic mass is 10.4. The van der Waals surface area contributed by atoms with Crippen LogP contribution < -0.4 is 10.9 Å². The number of nitrogens with one attached hydrogen (secondary N) is 1. The highest BCUT2D eigenvalue weighted by molar-refractivity contribution is 6.32. The summed E-state index contributed by atoms with van der Waals surface area (Å²) in [4.78, 5) is 12.2.